The van der Waals surface area contributed by atoms with E-state index in [0.29, 0.717) is 6.04 Å². The van der Waals surface area contributed by atoms with Gasteiger partial charge in [0.05, 0.1) is 0 Å². The van der Waals surface area contributed by atoms with Gasteiger partial charge < -0.3 is 10.6 Å². The Bertz CT molecular complexity index is 239. The molecule has 1 saturated heterocycles. The predicted molar refractivity (Wildman–Crippen MR) is 87.0 cm³/mol. The predicted octanol–water partition coefficient (Wildman–Crippen LogP) is 3.56. The van der Waals surface area contributed by atoms with Gasteiger partial charge in [0.2, 0.25) is 0 Å². The van der Waals surface area contributed by atoms with E-state index in [4.69, 9.17) is 0 Å². The molecule has 4 atom stereocenters. The van der Waals surface area contributed by atoms with Crippen LogP contribution in [0.2, 0.25) is 0 Å². The van der Waals surface area contributed by atoms with Crippen LogP contribution in [0.1, 0.15) is 65.2 Å². The molecule has 1 aliphatic heterocycles. The Labute approximate surface area is 123 Å². The van der Waals surface area contributed by atoms with Crippen molar-refractivity contribution in [2.75, 3.05) is 12.3 Å². The summed E-state index contributed by atoms with van der Waals surface area (Å²) in [5.74, 6) is 1.27. The van der Waals surface area contributed by atoms with Crippen molar-refractivity contribution in [1.82, 2.24) is 10.6 Å². The molecule has 4 unspecified atom stereocenters. The summed E-state index contributed by atoms with van der Waals surface area (Å²) in [5, 5.41) is 8.52. The van der Waals surface area contributed by atoms with Crippen molar-refractivity contribution in [2.24, 2.45) is 0 Å². The largest absolute Gasteiger partial charge is 0.314 e. The van der Waals surface area contributed by atoms with Crippen LogP contribution in [0.4, 0.5) is 0 Å². The van der Waals surface area contributed by atoms with E-state index in [1.54, 1.807) is 0 Å². The molecule has 2 N–H and O–H groups in total. The van der Waals surface area contributed by atoms with Gasteiger partial charge in [0.1, 0.15) is 0 Å². The summed E-state index contributed by atoms with van der Waals surface area (Å²) in [6.07, 6.45) is 11.1. The topological polar surface area (TPSA) is 24.1 Å². The van der Waals surface area contributed by atoms with E-state index in [0.717, 1.165) is 17.3 Å². The fraction of sp³-hybridized carbons (Fsp3) is 1.00. The first-order chi connectivity index (χ1) is 9.29. The van der Waals surface area contributed by atoms with Crippen molar-refractivity contribution in [1.29, 1.82) is 0 Å². The molecule has 1 saturated carbocycles. The first kappa shape index (κ1) is 15.7. The van der Waals surface area contributed by atoms with Crippen molar-refractivity contribution in [3.05, 3.63) is 0 Å². The number of nitrogens with one attached hydrogen (secondary N) is 2. The molecule has 1 aliphatic carbocycles. The highest BCUT2D eigenvalue weighted by atomic mass is 32.2. The van der Waals surface area contributed by atoms with E-state index in [1.807, 2.05) is 0 Å². The average Bonchev–Trinajstić information content (AvgIpc) is 2.65. The smallest absolute Gasteiger partial charge is 0.0201 e. The van der Waals surface area contributed by atoms with Gasteiger partial charge in [-0.25, -0.2) is 0 Å². The molecule has 0 aromatic carbocycles. The van der Waals surface area contributed by atoms with E-state index in [1.165, 1.54) is 63.7 Å². The monoisotopic (exact) mass is 284 g/mol. The molecule has 2 fully saturated rings. The quantitative estimate of drug-likeness (QED) is 0.780. The third-order valence-corrected chi connectivity index (χ3v) is 5.96. The van der Waals surface area contributed by atoms with Gasteiger partial charge in [0.25, 0.3) is 0 Å². The molecule has 2 aliphatic rings. The normalized spacial score (nSPS) is 34.1. The van der Waals surface area contributed by atoms with Gasteiger partial charge in [-0.2, -0.15) is 11.8 Å². The fourth-order valence-electron chi connectivity index (χ4n) is 3.69. The Morgan fingerprint density at radius 3 is 2.89 bits per heavy atom. The van der Waals surface area contributed by atoms with E-state index < -0.39 is 0 Å². The highest BCUT2D eigenvalue weighted by Gasteiger charge is 2.28. The minimum Gasteiger partial charge on any atom is -0.314 e. The molecule has 112 valence electrons. The van der Waals surface area contributed by atoms with Gasteiger partial charge in [0, 0.05) is 23.4 Å². The second-order valence-corrected chi connectivity index (χ2v) is 7.85. The van der Waals surface area contributed by atoms with Crippen molar-refractivity contribution >= 4 is 11.8 Å². The van der Waals surface area contributed by atoms with Gasteiger partial charge in [0.15, 0.2) is 0 Å². The van der Waals surface area contributed by atoms with Crippen molar-refractivity contribution in [3.63, 3.8) is 0 Å². The molecule has 0 radical (unpaired) electrons. The number of rotatable bonds is 6. The molecule has 0 bridgehead atoms. The average molecular weight is 285 g/mol. The van der Waals surface area contributed by atoms with Gasteiger partial charge in [-0.05, 0) is 51.3 Å². The van der Waals surface area contributed by atoms with E-state index in [9.17, 15) is 0 Å². The second kappa shape index (κ2) is 8.53. The van der Waals surface area contributed by atoms with Crippen LogP contribution in [-0.2, 0) is 0 Å². The van der Waals surface area contributed by atoms with Crippen LogP contribution in [0.25, 0.3) is 0 Å². The molecule has 0 amide bonds. The van der Waals surface area contributed by atoms with Crippen molar-refractivity contribution in [3.8, 4) is 0 Å². The Kier molecular flexibility index (Phi) is 7.03. The molecular weight excluding hydrogens is 252 g/mol. The van der Waals surface area contributed by atoms with Crippen LogP contribution >= 0.6 is 11.8 Å². The molecule has 2 nitrogen and oxygen atoms in total. The molecule has 1 heterocycles. The second-order valence-electron chi connectivity index (χ2n) is 6.33. The molecule has 0 spiro atoms. The molecular formula is C16H32N2S. The van der Waals surface area contributed by atoms with Crippen LogP contribution in [0.15, 0.2) is 0 Å². The highest BCUT2D eigenvalue weighted by molar-refractivity contribution is 7.99. The van der Waals surface area contributed by atoms with Gasteiger partial charge in [-0.3, -0.25) is 0 Å². The van der Waals surface area contributed by atoms with Crippen LogP contribution < -0.4 is 10.6 Å². The molecule has 19 heavy (non-hydrogen) atoms. The first-order valence-corrected chi connectivity index (χ1v) is 9.45. The van der Waals surface area contributed by atoms with Gasteiger partial charge in [-0.1, -0.05) is 26.2 Å². The lowest BCUT2D eigenvalue weighted by atomic mass is 10.0. The number of thioether (sulfide) groups is 1. The minimum absolute atomic E-state index is 0.665. The summed E-state index contributed by atoms with van der Waals surface area (Å²) in [7, 11) is 0. The zero-order chi connectivity index (χ0) is 13.5. The SMILES string of the molecule is CCSC1CCCC1NC(C)CC1CCCCCN1. The van der Waals surface area contributed by atoms with Crippen LogP contribution in [0.5, 0.6) is 0 Å². The molecule has 0 aromatic rings. The van der Waals surface area contributed by atoms with E-state index in [-0.39, 0.29) is 0 Å². The maximum absolute atomic E-state index is 3.92. The Morgan fingerprint density at radius 2 is 2.05 bits per heavy atom. The fourth-order valence-corrected chi connectivity index (χ4v) is 4.90. The lowest BCUT2D eigenvalue weighted by molar-refractivity contribution is 0.372. The lowest BCUT2D eigenvalue weighted by Crippen LogP contribution is -2.43. The zero-order valence-corrected chi connectivity index (χ0v) is 13.6. The van der Waals surface area contributed by atoms with E-state index in [2.05, 4.69) is 36.2 Å². The third-order valence-electron chi connectivity index (χ3n) is 4.63. The Morgan fingerprint density at radius 1 is 1.16 bits per heavy atom. The Hall–Kier alpha value is 0.270. The minimum atomic E-state index is 0.665. The number of hydrogen-bond donors (Lipinski definition) is 2. The van der Waals surface area contributed by atoms with Crippen LogP contribution in [-0.4, -0.2) is 35.7 Å². The lowest BCUT2D eigenvalue weighted by Gasteiger charge is -2.27. The van der Waals surface area contributed by atoms with Gasteiger partial charge >= 0.3 is 0 Å². The summed E-state index contributed by atoms with van der Waals surface area (Å²) in [4.78, 5) is 0. The molecule has 0 aromatic heterocycles. The van der Waals surface area contributed by atoms with Crippen molar-refractivity contribution < 1.29 is 0 Å². The standard InChI is InChI=1S/C16H32N2S/c1-3-19-16-10-7-9-15(16)18-13(2)12-14-8-5-4-6-11-17-14/h13-18H,3-12H2,1-2H3. The van der Waals surface area contributed by atoms with E-state index >= 15 is 0 Å². The van der Waals surface area contributed by atoms with Crippen LogP contribution in [0.3, 0.4) is 0 Å². The maximum Gasteiger partial charge on any atom is 0.0201 e. The summed E-state index contributed by atoms with van der Waals surface area (Å²) < 4.78 is 0. The number of hydrogen-bond acceptors (Lipinski definition) is 3. The zero-order valence-electron chi connectivity index (χ0n) is 12.8. The Balaban J connectivity index is 1.71. The first-order valence-electron chi connectivity index (χ1n) is 8.40. The maximum atomic E-state index is 3.92. The molecule has 3 heteroatoms. The summed E-state index contributed by atoms with van der Waals surface area (Å²) in [5.41, 5.74) is 0. The van der Waals surface area contributed by atoms with Crippen LogP contribution in [0, 0.1) is 0 Å². The van der Waals surface area contributed by atoms with Crippen molar-refractivity contribution in [2.45, 2.75) is 88.6 Å². The van der Waals surface area contributed by atoms with Gasteiger partial charge in [-0.15, -0.1) is 0 Å². The summed E-state index contributed by atoms with van der Waals surface area (Å²) >= 11 is 2.16. The highest BCUT2D eigenvalue weighted by Crippen LogP contribution is 2.30. The summed E-state index contributed by atoms with van der Waals surface area (Å²) in [6, 6.07) is 2.19. The third kappa shape index (κ3) is 5.28. The summed E-state index contributed by atoms with van der Waals surface area (Å²) in [6.45, 7) is 5.91. The molecule has 2 rings (SSSR count).